The van der Waals surface area contributed by atoms with Crippen molar-refractivity contribution in [3.8, 4) is 0 Å². The average molecular weight is 235 g/mol. The molecule has 2 aromatic heterocycles. The summed E-state index contributed by atoms with van der Waals surface area (Å²) in [5, 5.41) is 21.0. The summed E-state index contributed by atoms with van der Waals surface area (Å²) < 4.78 is 3.68. The molecule has 17 heavy (non-hydrogen) atoms. The van der Waals surface area contributed by atoms with Gasteiger partial charge < -0.3 is 5.11 Å². The average Bonchev–Trinajstić information content (AvgIpc) is 2.96. The maximum atomic E-state index is 8.73. The van der Waals surface area contributed by atoms with Gasteiger partial charge >= 0.3 is 0 Å². The van der Waals surface area contributed by atoms with Gasteiger partial charge in [-0.3, -0.25) is 4.68 Å². The van der Waals surface area contributed by atoms with E-state index in [1.165, 1.54) is 0 Å². The third-order valence-electron chi connectivity index (χ3n) is 2.53. The Morgan fingerprint density at radius 3 is 2.88 bits per heavy atom. The summed E-state index contributed by atoms with van der Waals surface area (Å²) in [6, 6.07) is 0. The van der Waals surface area contributed by atoms with Crippen molar-refractivity contribution in [3.05, 3.63) is 29.8 Å². The van der Waals surface area contributed by atoms with E-state index < -0.39 is 0 Å². The molecular weight excluding hydrogens is 218 g/mol. The molecule has 0 bridgehead atoms. The Kier molecular flexibility index (Phi) is 3.87. The van der Waals surface area contributed by atoms with Crippen molar-refractivity contribution < 1.29 is 5.11 Å². The van der Waals surface area contributed by atoms with Gasteiger partial charge in [-0.25, -0.2) is 4.68 Å². The maximum absolute atomic E-state index is 8.73. The van der Waals surface area contributed by atoms with Gasteiger partial charge in [-0.1, -0.05) is 5.21 Å². The van der Waals surface area contributed by atoms with Crippen LogP contribution < -0.4 is 0 Å². The molecule has 2 heterocycles. The molecule has 0 saturated heterocycles. The molecule has 0 amide bonds. The first kappa shape index (κ1) is 11.8. The summed E-state index contributed by atoms with van der Waals surface area (Å²) in [7, 11) is 0. The van der Waals surface area contributed by atoms with Gasteiger partial charge in [0.25, 0.3) is 0 Å². The molecular formula is C11H17N5O. The monoisotopic (exact) mass is 235 g/mol. The maximum Gasteiger partial charge on any atom is 0.0828 e. The minimum Gasteiger partial charge on any atom is -0.396 e. The number of aliphatic hydroxyl groups is 1. The first-order chi connectivity index (χ1) is 8.31. The van der Waals surface area contributed by atoms with Crippen LogP contribution >= 0.6 is 0 Å². The van der Waals surface area contributed by atoms with Crippen molar-refractivity contribution in [2.75, 3.05) is 6.61 Å². The van der Waals surface area contributed by atoms with Gasteiger partial charge in [-0.05, 0) is 19.8 Å². The van der Waals surface area contributed by atoms with Gasteiger partial charge in [0, 0.05) is 31.1 Å². The molecule has 0 saturated carbocycles. The Balaban J connectivity index is 1.96. The molecule has 0 aliphatic rings. The highest BCUT2D eigenvalue weighted by Crippen LogP contribution is 2.03. The molecule has 92 valence electrons. The van der Waals surface area contributed by atoms with Gasteiger partial charge in [0.1, 0.15) is 0 Å². The molecule has 0 aliphatic carbocycles. The second-order valence-corrected chi connectivity index (χ2v) is 3.94. The lowest BCUT2D eigenvalue weighted by Gasteiger charge is -1.95. The summed E-state index contributed by atoms with van der Waals surface area (Å²) in [5.41, 5.74) is 2.03. The quantitative estimate of drug-likeness (QED) is 0.790. The number of hydrogen-bond acceptors (Lipinski definition) is 4. The lowest BCUT2D eigenvalue weighted by molar-refractivity contribution is 0.288. The van der Waals surface area contributed by atoms with Gasteiger partial charge in [0.15, 0.2) is 0 Å². The molecule has 0 radical (unpaired) electrons. The zero-order chi connectivity index (χ0) is 12.1. The Bertz CT molecular complexity index is 462. The van der Waals surface area contributed by atoms with Crippen LogP contribution in [0.15, 0.2) is 18.6 Å². The zero-order valence-electron chi connectivity index (χ0n) is 9.95. The van der Waals surface area contributed by atoms with E-state index in [2.05, 4.69) is 22.3 Å². The predicted octanol–water partition coefficient (Wildman–Crippen LogP) is 0.468. The molecule has 0 aromatic carbocycles. The fourth-order valence-electron chi connectivity index (χ4n) is 1.64. The van der Waals surface area contributed by atoms with Crippen molar-refractivity contribution >= 4 is 0 Å². The molecule has 0 unspecified atom stereocenters. The first-order valence-corrected chi connectivity index (χ1v) is 5.83. The lowest BCUT2D eigenvalue weighted by Crippen LogP contribution is -1.99. The minimum atomic E-state index is 0.191. The van der Waals surface area contributed by atoms with Crippen molar-refractivity contribution in [3.63, 3.8) is 0 Å². The SMILES string of the molecule is CCn1cc(Cn2cc(CCCO)nn2)cn1. The molecule has 1 N–H and O–H groups in total. The fourth-order valence-corrected chi connectivity index (χ4v) is 1.64. The highest BCUT2D eigenvalue weighted by molar-refractivity contribution is 5.05. The van der Waals surface area contributed by atoms with Crippen LogP contribution in [-0.4, -0.2) is 36.5 Å². The minimum absolute atomic E-state index is 0.191. The van der Waals surface area contributed by atoms with Crippen LogP contribution in [0.5, 0.6) is 0 Å². The Morgan fingerprint density at radius 2 is 2.18 bits per heavy atom. The van der Waals surface area contributed by atoms with E-state index in [4.69, 9.17) is 5.11 Å². The third kappa shape index (κ3) is 3.13. The number of aliphatic hydroxyl groups excluding tert-OH is 1. The van der Waals surface area contributed by atoms with Crippen LogP contribution in [0.1, 0.15) is 24.6 Å². The van der Waals surface area contributed by atoms with Crippen molar-refractivity contribution in [1.82, 2.24) is 24.8 Å². The summed E-state index contributed by atoms with van der Waals surface area (Å²) >= 11 is 0. The highest BCUT2D eigenvalue weighted by atomic mass is 16.2. The van der Waals surface area contributed by atoms with Gasteiger partial charge in [0.05, 0.1) is 18.4 Å². The number of aromatic nitrogens is 5. The zero-order valence-corrected chi connectivity index (χ0v) is 9.95. The van der Waals surface area contributed by atoms with Crippen LogP contribution in [0, 0.1) is 0 Å². The van der Waals surface area contributed by atoms with Crippen molar-refractivity contribution in [1.29, 1.82) is 0 Å². The van der Waals surface area contributed by atoms with E-state index in [-0.39, 0.29) is 6.61 Å². The van der Waals surface area contributed by atoms with Crippen molar-refractivity contribution in [2.24, 2.45) is 0 Å². The Hall–Kier alpha value is -1.69. The van der Waals surface area contributed by atoms with Gasteiger partial charge in [0.2, 0.25) is 0 Å². The molecule has 0 aliphatic heterocycles. The smallest absolute Gasteiger partial charge is 0.0828 e. The summed E-state index contributed by atoms with van der Waals surface area (Å²) in [6.07, 6.45) is 7.27. The summed E-state index contributed by atoms with van der Waals surface area (Å²) in [4.78, 5) is 0. The molecule has 2 rings (SSSR count). The van der Waals surface area contributed by atoms with E-state index in [0.29, 0.717) is 6.54 Å². The van der Waals surface area contributed by atoms with E-state index >= 15 is 0 Å². The highest BCUT2D eigenvalue weighted by Gasteiger charge is 2.03. The van der Waals surface area contributed by atoms with Crippen LogP contribution in [0.2, 0.25) is 0 Å². The third-order valence-corrected chi connectivity index (χ3v) is 2.53. The topological polar surface area (TPSA) is 68.8 Å². The Labute approximate surface area is 99.9 Å². The van der Waals surface area contributed by atoms with E-state index in [0.717, 1.165) is 30.6 Å². The molecule has 6 heteroatoms. The molecule has 2 aromatic rings. The molecule has 0 spiro atoms. The lowest BCUT2D eigenvalue weighted by atomic mass is 10.2. The number of hydrogen-bond donors (Lipinski definition) is 1. The van der Waals surface area contributed by atoms with Crippen LogP contribution in [0.4, 0.5) is 0 Å². The second-order valence-electron chi connectivity index (χ2n) is 3.94. The van der Waals surface area contributed by atoms with E-state index in [1.807, 2.05) is 23.3 Å². The molecule has 0 atom stereocenters. The first-order valence-electron chi connectivity index (χ1n) is 5.83. The number of aryl methyl sites for hydroxylation is 2. The van der Waals surface area contributed by atoms with Crippen molar-refractivity contribution in [2.45, 2.75) is 32.9 Å². The van der Waals surface area contributed by atoms with Gasteiger partial charge in [-0.15, -0.1) is 5.10 Å². The van der Waals surface area contributed by atoms with Gasteiger partial charge in [-0.2, -0.15) is 5.10 Å². The predicted molar refractivity (Wildman–Crippen MR) is 62.4 cm³/mol. The molecule has 6 nitrogen and oxygen atoms in total. The molecule has 0 fully saturated rings. The van der Waals surface area contributed by atoms with E-state index in [9.17, 15) is 0 Å². The largest absolute Gasteiger partial charge is 0.396 e. The van der Waals surface area contributed by atoms with E-state index in [1.54, 1.807) is 4.68 Å². The normalized spacial score (nSPS) is 10.9. The number of rotatable bonds is 6. The van der Waals surface area contributed by atoms with Crippen LogP contribution in [-0.2, 0) is 19.5 Å². The standard InChI is InChI=1S/C11H17N5O/c1-2-15-7-10(6-12-15)8-16-9-11(13-14-16)4-3-5-17/h6-7,9,17H,2-5,8H2,1H3. The summed E-state index contributed by atoms with van der Waals surface area (Å²) in [6.45, 7) is 3.81. The summed E-state index contributed by atoms with van der Waals surface area (Å²) in [5.74, 6) is 0. The van der Waals surface area contributed by atoms with Crippen LogP contribution in [0.25, 0.3) is 0 Å². The second kappa shape index (κ2) is 5.58. The Morgan fingerprint density at radius 1 is 1.29 bits per heavy atom. The van der Waals surface area contributed by atoms with Crippen LogP contribution in [0.3, 0.4) is 0 Å². The number of nitrogens with zero attached hydrogens (tertiary/aromatic N) is 5. The fraction of sp³-hybridized carbons (Fsp3) is 0.545.